The normalized spacial score (nSPS) is 15.9. The highest BCUT2D eigenvalue weighted by atomic mass is 19.1. The molecule has 0 amide bonds. The lowest BCUT2D eigenvalue weighted by molar-refractivity contribution is -0.122. The van der Waals surface area contributed by atoms with Crippen molar-refractivity contribution in [2.45, 2.75) is 59.9 Å². The van der Waals surface area contributed by atoms with E-state index in [4.69, 9.17) is 0 Å². The number of halogens is 1. The van der Waals surface area contributed by atoms with Gasteiger partial charge in [-0.05, 0) is 38.9 Å². The first-order chi connectivity index (χ1) is 10.2. The molecule has 1 aromatic rings. The highest BCUT2D eigenvalue weighted by Crippen LogP contribution is 2.27. The predicted octanol–water partition coefficient (Wildman–Crippen LogP) is 4.99. The first-order valence-electron chi connectivity index (χ1n) is 8.19. The molecule has 1 fully saturated rings. The van der Waals surface area contributed by atoms with Crippen molar-refractivity contribution < 1.29 is 9.18 Å². The molecule has 2 nitrogen and oxygen atoms in total. The van der Waals surface area contributed by atoms with Crippen LogP contribution in [0.5, 0.6) is 0 Å². The second-order valence-electron chi connectivity index (χ2n) is 4.63. The molecule has 3 heteroatoms. The molecule has 0 aromatic heterocycles. The summed E-state index contributed by atoms with van der Waals surface area (Å²) in [7, 11) is 0. The third-order valence-corrected chi connectivity index (χ3v) is 3.34. The number of hydrogen-bond acceptors (Lipinski definition) is 2. The van der Waals surface area contributed by atoms with Gasteiger partial charge in [-0.15, -0.1) is 0 Å². The van der Waals surface area contributed by atoms with Gasteiger partial charge in [-0.2, -0.15) is 0 Å². The molecule has 2 rings (SSSR count). The highest BCUT2D eigenvalue weighted by Gasteiger charge is 2.27. The van der Waals surface area contributed by atoms with Crippen molar-refractivity contribution in [3.8, 4) is 0 Å². The minimum Gasteiger partial charge on any atom is -0.298 e. The quantitative estimate of drug-likeness (QED) is 0.782. The predicted molar refractivity (Wildman–Crippen MR) is 87.9 cm³/mol. The van der Waals surface area contributed by atoms with Crippen LogP contribution >= 0.6 is 0 Å². The van der Waals surface area contributed by atoms with E-state index >= 15 is 0 Å². The van der Waals surface area contributed by atoms with Crippen LogP contribution in [0, 0.1) is 5.82 Å². The van der Waals surface area contributed by atoms with Crippen LogP contribution in [0.25, 0.3) is 0 Å². The van der Waals surface area contributed by atoms with Gasteiger partial charge >= 0.3 is 0 Å². The Bertz CT molecular complexity index is 400. The summed E-state index contributed by atoms with van der Waals surface area (Å²) in [6.07, 6.45) is 3.40. The zero-order chi connectivity index (χ0) is 16.3. The molecule has 0 N–H and O–H groups in total. The number of ketones is 1. The molecular weight excluding hydrogens is 265 g/mol. The third-order valence-electron chi connectivity index (χ3n) is 3.34. The molecule has 0 radical (unpaired) electrons. The van der Waals surface area contributed by atoms with Crippen LogP contribution in [0.3, 0.4) is 0 Å². The molecule has 120 valence electrons. The summed E-state index contributed by atoms with van der Waals surface area (Å²) in [6.45, 7) is 11.3. The Labute approximate surface area is 129 Å². The molecule has 1 heterocycles. The first-order valence-corrected chi connectivity index (χ1v) is 8.19. The van der Waals surface area contributed by atoms with E-state index in [2.05, 4.69) is 4.90 Å². The van der Waals surface area contributed by atoms with E-state index in [1.807, 2.05) is 27.7 Å². The smallest absolute Gasteiger partial charge is 0.151 e. The number of likely N-dealkylation sites (tertiary alicyclic amines) is 1. The fourth-order valence-corrected chi connectivity index (χ4v) is 2.55. The summed E-state index contributed by atoms with van der Waals surface area (Å²) < 4.78 is 13.8. The fraction of sp³-hybridized carbons (Fsp3) is 0.611. The van der Waals surface area contributed by atoms with E-state index in [9.17, 15) is 9.18 Å². The van der Waals surface area contributed by atoms with E-state index in [0.717, 1.165) is 25.9 Å². The van der Waals surface area contributed by atoms with Gasteiger partial charge in [0.05, 0.1) is 6.04 Å². The van der Waals surface area contributed by atoms with Crippen molar-refractivity contribution in [1.82, 2.24) is 4.90 Å². The zero-order valence-electron chi connectivity index (χ0n) is 14.2. The van der Waals surface area contributed by atoms with Crippen molar-refractivity contribution in [2.24, 2.45) is 0 Å². The number of piperidine rings is 1. The van der Waals surface area contributed by atoms with Gasteiger partial charge in [0.15, 0.2) is 5.78 Å². The van der Waals surface area contributed by atoms with Gasteiger partial charge in [-0.1, -0.05) is 52.3 Å². The maximum absolute atomic E-state index is 13.8. The van der Waals surface area contributed by atoms with E-state index in [1.54, 1.807) is 25.1 Å². The monoisotopic (exact) mass is 295 g/mol. The minimum atomic E-state index is -0.406. The molecular formula is C18H30FNO. The molecule has 0 saturated carbocycles. The molecule has 21 heavy (non-hydrogen) atoms. The number of benzene rings is 1. The number of carbonyl (C=O) groups is 1. The molecule has 1 atom stereocenters. The van der Waals surface area contributed by atoms with Crippen LogP contribution in [-0.4, -0.2) is 23.8 Å². The Morgan fingerprint density at radius 3 is 2.05 bits per heavy atom. The molecule has 1 unspecified atom stereocenters. The van der Waals surface area contributed by atoms with Crippen molar-refractivity contribution in [1.29, 1.82) is 0 Å². The Hall–Kier alpha value is -1.22. The van der Waals surface area contributed by atoms with Crippen LogP contribution in [-0.2, 0) is 4.79 Å². The van der Waals surface area contributed by atoms with Gasteiger partial charge in [0.2, 0.25) is 0 Å². The Balaban J connectivity index is 0.000000921. The molecule has 1 saturated heterocycles. The fourth-order valence-electron chi connectivity index (χ4n) is 2.55. The molecule has 0 bridgehead atoms. The number of rotatable bonds is 3. The van der Waals surface area contributed by atoms with Gasteiger partial charge in [0, 0.05) is 5.56 Å². The zero-order valence-corrected chi connectivity index (χ0v) is 14.2. The number of nitrogens with zero attached hydrogens (tertiary/aromatic N) is 1. The summed E-state index contributed by atoms with van der Waals surface area (Å²) in [6, 6.07) is 6.19. The van der Waals surface area contributed by atoms with Gasteiger partial charge in [-0.25, -0.2) is 4.39 Å². The molecule has 1 aliphatic heterocycles. The maximum atomic E-state index is 13.8. The van der Waals surface area contributed by atoms with Crippen LogP contribution < -0.4 is 0 Å². The van der Waals surface area contributed by atoms with Gasteiger partial charge in [-0.3, -0.25) is 9.69 Å². The van der Waals surface area contributed by atoms with Crippen molar-refractivity contribution in [2.75, 3.05) is 13.1 Å². The standard InChI is InChI=1S/C14H18FNO.2C2H6/c1-11(17)14(16-9-5-2-6-10-16)12-7-3-4-8-13(12)15;2*1-2/h3-4,7-8,14H,2,5-6,9-10H2,1H3;2*1-2H3. The topological polar surface area (TPSA) is 20.3 Å². The summed E-state index contributed by atoms with van der Waals surface area (Å²) in [5.74, 6) is -0.254. The lowest BCUT2D eigenvalue weighted by atomic mass is 9.98. The van der Waals surface area contributed by atoms with E-state index in [0.29, 0.717) is 5.56 Å². The number of carbonyl (C=O) groups excluding carboxylic acids is 1. The average molecular weight is 295 g/mol. The number of Topliss-reactive ketones (excluding diaryl/α,β-unsaturated/α-hetero) is 1. The second kappa shape index (κ2) is 11.4. The van der Waals surface area contributed by atoms with Crippen molar-refractivity contribution in [3.05, 3.63) is 35.6 Å². The Morgan fingerprint density at radius 1 is 1.05 bits per heavy atom. The largest absolute Gasteiger partial charge is 0.298 e. The average Bonchev–Trinajstić information content (AvgIpc) is 2.54. The van der Waals surface area contributed by atoms with Crippen LogP contribution in [0.1, 0.15) is 65.5 Å². The highest BCUT2D eigenvalue weighted by molar-refractivity contribution is 5.83. The van der Waals surface area contributed by atoms with E-state index in [-0.39, 0.29) is 11.6 Å². The van der Waals surface area contributed by atoms with Crippen molar-refractivity contribution in [3.63, 3.8) is 0 Å². The molecule has 1 aromatic carbocycles. The van der Waals surface area contributed by atoms with Crippen molar-refractivity contribution >= 4 is 5.78 Å². The van der Waals surface area contributed by atoms with Gasteiger partial charge in [0.25, 0.3) is 0 Å². The lowest BCUT2D eigenvalue weighted by Crippen LogP contribution is -2.37. The maximum Gasteiger partial charge on any atom is 0.151 e. The third kappa shape index (κ3) is 5.96. The van der Waals surface area contributed by atoms with E-state index < -0.39 is 6.04 Å². The molecule has 0 aliphatic carbocycles. The Morgan fingerprint density at radius 2 is 1.57 bits per heavy atom. The number of hydrogen-bond donors (Lipinski definition) is 0. The van der Waals surface area contributed by atoms with E-state index in [1.165, 1.54) is 12.5 Å². The SMILES string of the molecule is CC.CC.CC(=O)C(c1ccccc1F)N1CCCCC1. The summed E-state index contributed by atoms with van der Waals surface area (Å²) in [4.78, 5) is 13.9. The molecule has 0 spiro atoms. The first kappa shape index (κ1) is 19.8. The van der Waals surface area contributed by atoms with Crippen LogP contribution in [0.2, 0.25) is 0 Å². The lowest BCUT2D eigenvalue weighted by Gasteiger charge is -2.33. The Kier molecular flexibility index (Phi) is 10.8. The van der Waals surface area contributed by atoms with Crippen LogP contribution in [0.4, 0.5) is 4.39 Å². The summed E-state index contributed by atoms with van der Waals surface area (Å²) in [5.41, 5.74) is 0.516. The second-order valence-corrected chi connectivity index (χ2v) is 4.63. The minimum absolute atomic E-state index is 0.0250. The molecule has 1 aliphatic rings. The summed E-state index contributed by atoms with van der Waals surface area (Å²) >= 11 is 0. The van der Waals surface area contributed by atoms with Gasteiger partial charge < -0.3 is 0 Å². The summed E-state index contributed by atoms with van der Waals surface area (Å²) in [5, 5.41) is 0. The van der Waals surface area contributed by atoms with Crippen LogP contribution in [0.15, 0.2) is 24.3 Å². The van der Waals surface area contributed by atoms with Gasteiger partial charge in [0.1, 0.15) is 5.82 Å².